The Balaban J connectivity index is 1.63. The second-order valence-electron chi connectivity index (χ2n) is 9.77. The van der Waals surface area contributed by atoms with Crippen molar-refractivity contribution < 1.29 is 22.7 Å². The summed E-state index contributed by atoms with van der Waals surface area (Å²) in [6.45, 7) is 4.25. The molecular weight excluding hydrogens is 636 g/mol. The van der Waals surface area contributed by atoms with Crippen molar-refractivity contribution in [2.75, 3.05) is 31.1 Å². The van der Waals surface area contributed by atoms with Gasteiger partial charge in [0.2, 0.25) is 5.95 Å². The Morgan fingerprint density at radius 3 is 2.36 bits per heavy atom. The van der Waals surface area contributed by atoms with Crippen molar-refractivity contribution >= 4 is 66.7 Å². The molecule has 3 aromatic rings. The minimum atomic E-state index is -4.10. The van der Waals surface area contributed by atoms with Crippen LogP contribution in [0.15, 0.2) is 52.1 Å². The molecule has 2 atom stereocenters. The summed E-state index contributed by atoms with van der Waals surface area (Å²) in [6, 6.07) is 9.12. The van der Waals surface area contributed by atoms with E-state index < -0.39 is 33.5 Å². The molecule has 1 amide bonds. The van der Waals surface area contributed by atoms with E-state index >= 15 is 0 Å². The molecule has 14 heteroatoms. The minimum Gasteiger partial charge on any atom is -0.379 e. The van der Waals surface area contributed by atoms with Gasteiger partial charge < -0.3 is 5.11 Å². The summed E-state index contributed by atoms with van der Waals surface area (Å²) in [7, 11) is -4.10. The average Bonchev–Trinajstić information content (AvgIpc) is 3.39. The van der Waals surface area contributed by atoms with Gasteiger partial charge in [-0.1, -0.05) is 29.3 Å². The van der Waals surface area contributed by atoms with E-state index in [9.17, 15) is 22.7 Å². The Labute approximate surface area is 243 Å². The van der Waals surface area contributed by atoms with E-state index in [1.807, 2.05) is 0 Å². The zero-order chi connectivity index (χ0) is 28.3. The average molecular weight is 661 g/mol. The topological polar surface area (TPSA) is 99.0 Å². The van der Waals surface area contributed by atoms with Crippen molar-refractivity contribution in [3.63, 3.8) is 0 Å². The molecule has 2 aliphatic heterocycles. The zero-order valence-corrected chi connectivity index (χ0v) is 24.9. The Morgan fingerprint density at radius 1 is 1.13 bits per heavy atom. The van der Waals surface area contributed by atoms with Crippen LogP contribution in [0.1, 0.15) is 19.4 Å². The van der Waals surface area contributed by atoms with Crippen LogP contribution in [-0.2, 0) is 26.8 Å². The van der Waals surface area contributed by atoms with Crippen LogP contribution in [0, 0.1) is 5.82 Å². The van der Waals surface area contributed by atoms with Crippen molar-refractivity contribution in [3.05, 3.63) is 68.5 Å². The first-order valence-electron chi connectivity index (χ1n) is 12.1. The lowest BCUT2D eigenvalue weighted by molar-refractivity contribution is -0.124. The molecule has 1 N–H and O–H groups in total. The predicted molar refractivity (Wildman–Crippen MR) is 149 cm³/mol. The quantitative estimate of drug-likeness (QED) is 0.422. The summed E-state index contributed by atoms with van der Waals surface area (Å²) in [6.07, 6.45) is 0.527. The zero-order valence-electron chi connectivity index (χ0n) is 21.0. The van der Waals surface area contributed by atoms with Crippen molar-refractivity contribution in [1.82, 2.24) is 18.8 Å². The minimum absolute atomic E-state index is 0.0114. The Hall–Kier alpha value is -2.06. The van der Waals surface area contributed by atoms with Crippen LogP contribution < -0.4 is 4.90 Å². The number of halogens is 4. The van der Waals surface area contributed by atoms with Crippen molar-refractivity contribution in [1.29, 1.82) is 0 Å². The van der Waals surface area contributed by atoms with Gasteiger partial charge in [0.1, 0.15) is 17.6 Å². The highest BCUT2D eigenvalue weighted by Crippen LogP contribution is 2.45. The van der Waals surface area contributed by atoms with Gasteiger partial charge in [-0.05, 0) is 65.7 Å². The summed E-state index contributed by atoms with van der Waals surface area (Å²) in [5.41, 5.74) is -0.666. The number of aromatic nitrogens is 2. The third-order valence-electron chi connectivity index (χ3n) is 7.11. The molecule has 5 rings (SSSR count). The molecule has 3 heterocycles. The van der Waals surface area contributed by atoms with Crippen molar-refractivity contribution in [2.24, 2.45) is 0 Å². The van der Waals surface area contributed by atoms with Crippen LogP contribution in [0.25, 0.3) is 0 Å². The first-order chi connectivity index (χ1) is 18.3. The van der Waals surface area contributed by atoms with Crippen LogP contribution in [0.4, 0.5) is 16.0 Å². The number of aliphatic hydroxyl groups excluding tert-OH is 1. The third kappa shape index (κ3) is 5.01. The number of hydrogen-bond donors (Lipinski definition) is 1. The largest absolute Gasteiger partial charge is 0.379 e. The number of imidazole rings is 1. The maximum absolute atomic E-state index is 14.4. The monoisotopic (exact) mass is 659 g/mol. The van der Waals surface area contributed by atoms with Gasteiger partial charge in [-0.25, -0.2) is 22.7 Å². The first-order valence-corrected chi connectivity index (χ1v) is 15.1. The fraction of sp³-hybridized carbons (Fsp3) is 0.360. The number of piperazine rings is 1. The number of rotatable bonds is 6. The summed E-state index contributed by atoms with van der Waals surface area (Å²) in [5.74, 6) is -0.892. The van der Waals surface area contributed by atoms with Gasteiger partial charge in [0.05, 0.1) is 16.4 Å². The molecule has 1 fully saturated rings. The molecule has 2 aromatic carbocycles. The molecular formula is C25H25BrCl2FN5O4S. The Morgan fingerprint density at radius 2 is 1.77 bits per heavy atom. The Bertz CT molecular complexity index is 1540. The summed E-state index contributed by atoms with van der Waals surface area (Å²) < 4.78 is 45.3. The van der Waals surface area contributed by atoms with Crippen molar-refractivity contribution in [2.45, 2.75) is 37.1 Å². The van der Waals surface area contributed by atoms with Crippen LogP contribution in [0.3, 0.4) is 0 Å². The molecule has 1 aromatic heterocycles. The highest BCUT2D eigenvalue weighted by Gasteiger charge is 2.52. The van der Waals surface area contributed by atoms with Crippen LogP contribution in [-0.4, -0.2) is 70.6 Å². The second-order valence-corrected chi connectivity index (χ2v) is 13.4. The molecule has 9 nitrogen and oxygen atoms in total. The van der Waals surface area contributed by atoms with Crippen LogP contribution >= 0.6 is 39.1 Å². The number of carbonyl (C=O) groups excluding carboxylic acids is 1. The van der Waals surface area contributed by atoms with E-state index in [4.69, 9.17) is 23.2 Å². The lowest BCUT2D eigenvalue weighted by atomic mass is 9.92. The number of nitrogens with zero attached hydrogens (tertiary/aromatic N) is 5. The molecule has 0 saturated carbocycles. The molecule has 0 radical (unpaired) electrons. The van der Waals surface area contributed by atoms with E-state index in [2.05, 4.69) is 20.9 Å². The Kier molecular flexibility index (Phi) is 7.59. The van der Waals surface area contributed by atoms with E-state index in [1.54, 1.807) is 36.9 Å². The number of benzene rings is 2. The summed E-state index contributed by atoms with van der Waals surface area (Å²) >= 11 is 15.6. The molecule has 2 aliphatic rings. The normalized spacial score (nSPS) is 21.4. The lowest BCUT2D eigenvalue weighted by Crippen LogP contribution is -2.51. The molecule has 208 valence electrons. The van der Waals surface area contributed by atoms with Gasteiger partial charge in [0, 0.05) is 42.6 Å². The van der Waals surface area contributed by atoms with Gasteiger partial charge in [-0.2, -0.15) is 4.31 Å². The molecule has 0 spiro atoms. The van der Waals surface area contributed by atoms with Gasteiger partial charge in [-0.3, -0.25) is 14.3 Å². The highest BCUT2D eigenvalue weighted by atomic mass is 79.9. The van der Waals surface area contributed by atoms with E-state index in [0.29, 0.717) is 24.3 Å². The van der Waals surface area contributed by atoms with Crippen molar-refractivity contribution in [3.8, 4) is 0 Å². The molecule has 1 unspecified atom stereocenters. The summed E-state index contributed by atoms with van der Waals surface area (Å²) in [5, 5.41) is 10.3. The standard InChI is InChI=1S/C25H25BrCl2FN5O4S/c1-15(35)31-5-7-32(8-6-31)39(37,38)22-14-30-24-33(19-11-17(27)10-18(28)12-19)23(36)25(2,34(22)24)13-16-3-4-20(26)21(29)9-16/h3-4,9-12,14-15,35H,5-8,13H2,1-2H3/t15?,25-/m1/s1. The highest BCUT2D eigenvalue weighted by molar-refractivity contribution is 9.10. The number of hydrogen-bond acceptors (Lipinski definition) is 6. The number of aliphatic hydroxyl groups is 1. The predicted octanol–water partition coefficient (Wildman–Crippen LogP) is 4.37. The third-order valence-corrected chi connectivity index (χ3v) is 10.1. The molecule has 39 heavy (non-hydrogen) atoms. The van der Waals surface area contributed by atoms with Gasteiger partial charge >= 0.3 is 0 Å². The smallest absolute Gasteiger partial charge is 0.260 e. The van der Waals surface area contributed by atoms with Gasteiger partial charge in [0.15, 0.2) is 5.03 Å². The van der Waals surface area contributed by atoms with E-state index in [-0.39, 0.29) is 45.0 Å². The number of fused-ring (bicyclic) bond motifs is 1. The second kappa shape index (κ2) is 10.4. The van der Waals surface area contributed by atoms with Gasteiger partial charge in [0.25, 0.3) is 15.9 Å². The summed E-state index contributed by atoms with van der Waals surface area (Å²) in [4.78, 5) is 21.6. The SMILES string of the molecule is CC(O)N1CCN(S(=O)(=O)c2cnc3n2[C@](C)(Cc2ccc(Br)c(F)c2)C(=O)N3c2cc(Cl)cc(Cl)c2)CC1. The number of amides is 1. The van der Waals surface area contributed by atoms with Gasteiger partial charge in [-0.15, -0.1) is 0 Å². The van der Waals surface area contributed by atoms with E-state index in [1.165, 1.54) is 38.2 Å². The fourth-order valence-corrected chi connectivity index (χ4v) is 7.48. The number of carbonyl (C=O) groups is 1. The molecule has 0 aliphatic carbocycles. The van der Waals surface area contributed by atoms with Crippen LogP contribution in [0.2, 0.25) is 10.0 Å². The van der Waals surface area contributed by atoms with E-state index in [0.717, 1.165) is 0 Å². The molecule has 1 saturated heterocycles. The first kappa shape index (κ1) is 28.5. The molecule has 0 bridgehead atoms. The van der Waals surface area contributed by atoms with Crippen LogP contribution in [0.5, 0.6) is 0 Å². The number of anilines is 2. The maximum atomic E-state index is 14.4. The fourth-order valence-electron chi connectivity index (χ4n) is 5.11. The lowest BCUT2D eigenvalue weighted by Gasteiger charge is -2.35. The number of sulfonamides is 1. The maximum Gasteiger partial charge on any atom is 0.260 e.